The molecular weight excluding hydrogens is 466 g/mol. The minimum atomic E-state index is -0.921. The second kappa shape index (κ2) is 8.96. The molecule has 0 atom stereocenters. The van der Waals surface area contributed by atoms with Gasteiger partial charge >= 0.3 is 0 Å². The van der Waals surface area contributed by atoms with E-state index in [2.05, 4.69) is 15.3 Å². The summed E-state index contributed by atoms with van der Waals surface area (Å²) in [6.45, 7) is 0. The maximum absolute atomic E-state index is 14.0. The summed E-state index contributed by atoms with van der Waals surface area (Å²) in [6.07, 6.45) is 4.91. The van der Waals surface area contributed by atoms with Crippen molar-refractivity contribution in [1.82, 2.24) is 15.0 Å². The Bertz CT molecular complexity index is 1340. The molecule has 1 fully saturated rings. The first kappa shape index (κ1) is 21.6. The van der Waals surface area contributed by atoms with Gasteiger partial charge in [-0.25, -0.2) is 23.7 Å². The number of anilines is 1. The molecule has 0 spiro atoms. The van der Waals surface area contributed by atoms with Crippen molar-refractivity contribution in [3.63, 3.8) is 0 Å². The fraction of sp³-hybridized carbons (Fsp3) is 0.167. The molecule has 1 amide bonds. The Balaban J connectivity index is 1.50. The second-order valence-electron chi connectivity index (χ2n) is 7.78. The number of thiazole rings is 1. The Hall–Kier alpha value is -3.23. The van der Waals surface area contributed by atoms with Crippen LogP contribution in [0, 0.1) is 17.6 Å². The average Bonchev–Trinajstić information content (AvgIpc) is 3.49. The van der Waals surface area contributed by atoms with Crippen molar-refractivity contribution in [2.45, 2.75) is 19.3 Å². The molecule has 1 saturated carbocycles. The van der Waals surface area contributed by atoms with Crippen molar-refractivity contribution in [2.24, 2.45) is 5.92 Å². The highest BCUT2D eigenvalue weighted by molar-refractivity contribution is 7.15. The van der Waals surface area contributed by atoms with Crippen molar-refractivity contribution < 1.29 is 13.6 Å². The molecule has 5 rings (SSSR count). The first-order chi connectivity index (χ1) is 16.0. The maximum atomic E-state index is 14.0. The molecule has 2 aromatic heterocycles. The summed E-state index contributed by atoms with van der Waals surface area (Å²) in [7, 11) is 0. The second-order valence-corrected chi connectivity index (χ2v) is 9.20. The molecule has 9 heteroatoms. The number of halogens is 3. The fourth-order valence-electron chi connectivity index (χ4n) is 3.50. The van der Waals surface area contributed by atoms with Crippen LogP contribution in [-0.2, 0) is 6.42 Å². The Morgan fingerprint density at radius 1 is 1.09 bits per heavy atom. The monoisotopic (exact) mass is 482 g/mol. The van der Waals surface area contributed by atoms with Crippen molar-refractivity contribution in [1.29, 1.82) is 0 Å². The van der Waals surface area contributed by atoms with E-state index in [1.807, 2.05) is 6.07 Å². The van der Waals surface area contributed by atoms with E-state index in [1.165, 1.54) is 18.9 Å². The molecule has 4 aromatic rings. The van der Waals surface area contributed by atoms with Gasteiger partial charge in [-0.05, 0) is 60.7 Å². The lowest BCUT2D eigenvalue weighted by atomic mass is 10.1. The molecule has 0 aliphatic heterocycles. The standard InChI is InChI=1S/C24H17ClF2N4OS/c25-24-28-10-9-18(30-24)22-21(31-19(33-22)11-13-7-8-13)14-3-1-4-15(12-14)29-23(32)20-16(26)5-2-6-17(20)27/h1-6,9-10,12-13H,7-8,11H2,(H,29,32). The molecular formula is C24H17ClF2N4OS. The van der Waals surface area contributed by atoms with Crippen molar-refractivity contribution in [2.75, 3.05) is 5.32 Å². The van der Waals surface area contributed by atoms with Gasteiger partial charge in [-0.15, -0.1) is 11.3 Å². The first-order valence-corrected chi connectivity index (χ1v) is 11.5. The van der Waals surface area contributed by atoms with E-state index >= 15 is 0 Å². The number of rotatable bonds is 6. The highest BCUT2D eigenvalue weighted by atomic mass is 35.5. The largest absolute Gasteiger partial charge is 0.322 e. The fourth-order valence-corrected chi connectivity index (χ4v) is 4.82. The van der Waals surface area contributed by atoms with Crippen LogP contribution in [0.2, 0.25) is 5.28 Å². The summed E-state index contributed by atoms with van der Waals surface area (Å²) >= 11 is 7.57. The van der Waals surface area contributed by atoms with Gasteiger partial charge in [0.25, 0.3) is 5.91 Å². The molecule has 0 saturated heterocycles. The van der Waals surface area contributed by atoms with E-state index in [4.69, 9.17) is 16.6 Å². The zero-order valence-electron chi connectivity index (χ0n) is 17.2. The summed E-state index contributed by atoms with van der Waals surface area (Å²) in [6, 6.07) is 12.1. The summed E-state index contributed by atoms with van der Waals surface area (Å²) in [5.41, 5.74) is 1.87. The third kappa shape index (κ3) is 4.77. The molecule has 1 aliphatic rings. The Kier molecular flexibility index (Phi) is 5.86. The molecule has 1 aliphatic carbocycles. The van der Waals surface area contributed by atoms with Crippen LogP contribution >= 0.6 is 22.9 Å². The molecule has 0 unspecified atom stereocenters. The number of hydrogen-bond acceptors (Lipinski definition) is 5. The van der Waals surface area contributed by atoms with Crippen LogP contribution in [0.15, 0.2) is 54.7 Å². The Morgan fingerprint density at radius 3 is 2.58 bits per heavy atom. The van der Waals surface area contributed by atoms with Crippen LogP contribution in [-0.4, -0.2) is 20.9 Å². The molecule has 5 nitrogen and oxygen atoms in total. The van der Waals surface area contributed by atoms with Crippen molar-refractivity contribution in [3.05, 3.63) is 82.2 Å². The van der Waals surface area contributed by atoms with Crippen LogP contribution < -0.4 is 5.32 Å². The van der Waals surface area contributed by atoms with Crippen LogP contribution in [0.3, 0.4) is 0 Å². The minimum Gasteiger partial charge on any atom is -0.322 e. The minimum absolute atomic E-state index is 0.142. The van der Waals surface area contributed by atoms with Gasteiger partial charge in [0.15, 0.2) is 0 Å². The van der Waals surface area contributed by atoms with Gasteiger partial charge in [0.2, 0.25) is 5.28 Å². The number of carbonyl (C=O) groups excluding carboxylic acids is 1. The zero-order valence-corrected chi connectivity index (χ0v) is 18.8. The number of aromatic nitrogens is 3. The number of hydrogen-bond donors (Lipinski definition) is 1. The lowest BCUT2D eigenvalue weighted by molar-refractivity contribution is 0.101. The van der Waals surface area contributed by atoms with E-state index in [1.54, 1.807) is 41.8 Å². The van der Waals surface area contributed by atoms with E-state index in [9.17, 15) is 13.6 Å². The number of nitrogens with one attached hydrogen (secondary N) is 1. The number of benzene rings is 2. The Morgan fingerprint density at radius 2 is 1.85 bits per heavy atom. The number of nitrogens with zero attached hydrogens (tertiary/aromatic N) is 3. The topological polar surface area (TPSA) is 67.8 Å². The van der Waals surface area contributed by atoms with Gasteiger partial charge in [0.05, 0.1) is 21.3 Å². The molecule has 1 N–H and O–H groups in total. The summed E-state index contributed by atoms with van der Waals surface area (Å²) in [5, 5.41) is 3.72. The number of amides is 1. The van der Waals surface area contributed by atoms with Gasteiger partial charge in [-0.2, -0.15) is 0 Å². The van der Waals surface area contributed by atoms with Gasteiger partial charge in [-0.3, -0.25) is 4.79 Å². The lowest BCUT2D eigenvalue weighted by Gasteiger charge is -2.09. The molecule has 2 aromatic carbocycles. The molecule has 0 bridgehead atoms. The van der Waals surface area contributed by atoms with Crippen LogP contribution in [0.4, 0.5) is 14.5 Å². The van der Waals surface area contributed by atoms with Crippen molar-refractivity contribution in [3.8, 4) is 21.8 Å². The van der Waals surface area contributed by atoms with Crippen molar-refractivity contribution >= 4 is 34.5 Å². The van der Waals surface area contributed by atoms with E-state index in [0.29, 0.717) is 23.0 Å². The third-order valence-electron chi connectivity index (χ3n) is 5.27. The molecule has 2 heterocycles. The SMILES string of the molecule is O=C(Nc1cccc(-c2nc(CC3CC3)sc2-c2ccnc(Cl)n2)c1)c1c(F)cccc1F. The quantitative estimate of drug-likeness (QED) is 0.323. The van der Waals surface area contributed by atoms with E-state index < -0.39 is 23.1 Å². The summed E-state index contributed by atoms with van der Waals surface area (Å²) < 4.78 is 28.0. The highest BCUT2D eigenvalue weighted by Gasteiger charge is 2.25. The highest BCUT2D eigenvalue weighted by Crippen LogP contribution is 2.40. The smallest absolute Gasteiger partial charge is 0.261 e. The number of carbonyl (C=O) groups is 1. The molecule has 166 valence electrons. The zero-order chi connectivity index (χ0) is 22.9. The molecule has 0 radical (unpaired) electrons. The molecule has 33 heavy (non-hydrogen) atoms. The predicted octanol–water partition coefficient (Wildman–Crippen LogP) is 6.40. The third-order valence-corrected chi connectivity index (χ3v) is 6.56. The van der Waals surface area contributed by atoms with Crippen LogP contribution in [0.25, 0.3) is 21.8 Å². The maximum Gasteiger partial charge on any atom is 0.261 e. The van der Waals surface area contributed by atoms with Gasteiger partial charge in [-0.1, -0.05) is 18.2 Å². The van der Waals surface area contributed by atoms with Gasteiger partial charge < -0.3 is 5.32 Å². The van der Waals surface area contributed by atoms with Crippen LogP contribution in [0.5, 0.6) is 0 Å². The predicted molar refractivity (Wildman–Crippen MR) is 124 cm³/mol. The normalized spacial score (nSPS) is 13.2. The van der Waals surface area contributed by atoms with Gasteiger partial charge in [0.1, 0.15) is 17.2 Å². The summed E-state index contributed by atoms with van der Waals surface area (Å²) in [5.74, 6) is -2.04. The van der Waals surface area contributed by atoms with E-state index in [0.717, 1.165) is 34.0 Å². The summed E-state index contributed by atoms with van der Waals surface area (Å²) in [4.78, 5) is 26.5. The van der Waals surface area contributed by atoms with E-state index in [-0.39, 0.29) is 5.28 Å². The lowest BCUT2D eigenvalue weighted by Crippen LogP contribution is -2.15. The average molecular weight is 483 g/mol. The van der Waals surface area contributed by atoms with Crippen LogP contribution in [0.1, 0.15) is 28.2 Å². The Labute approximate surface area is 197 Å². The van der Waals surface area contributed by atoms with Gasteiger partial charge in [0, 0.05) is 23.9 Å². The first-order valence-electron chi connectivity index (χ1n) is 10.3.